The van der Waals surface area contributed by atoms with E-state index in [9.17, 15) is 0 Å². The van der Waals surface area contributed by atoms with E-state index in [0.29, 0.717) is 17.6 Å². The Labute approximate surface area is 100 Å². The molecule has 0 aromatic heterocycles. The van der Waals surface area contributed by atoms with Crippen LogP contribution in [0.2, 0.25) is 0 Å². The largest absolute Gasteiger partial charge is 0.374 e. The fraction of sp³-hybridized carbons (Fsp3) is 1.00. The smallest absolute Gasteiger partial charge is 0.0704 e. The summed E-state index contributed by atoms with van der Waals surface area (Å²) in [5.41, 5.74) is 0.615. The summed E-state index contributed by atoms with van der Waals surface area (Å²) in [5.74, 6) is 0. The molecule has 2 heteroatoms. The van der Waals surface area contributed by atoms with Crippen molar-refractivity contribution in [3.63, 3.8) is 0 Å². The summed E-state index contributed by atoms with van der Waals surface area (Å²) in [7, 11) is 0. The zero-order valence-electron chi connectivity index (χ0n) is 10.9. The molecule has 1 saturated carbocycles. The summed E-state index contributed by atoms with van der Waals surface area (Å²) in [6.07, 6.45) is 10.5. The second-order valence-electron chi connectivity index (χ2n) is 5.84. The van der Waals surface area contributed by atoms with Gasteiger partial charge in [-0.25, -0.2) is 0 Å². The van der Waals surface area contributed by atoms with Crippen molar-refractivity contribution in [1.82, 2.24) is 5.32 Å². The molecule has 94 valence electrons. The Balaban J connectivity index is 1.67. The average molecular weight is 225 g/mol. The number of hydrogen-bond donors (Lipinski definition) is 1. The van der Waals surface area contributed by atoms with E-state index in [1.807, 2.05) is 0 Å². The van der Waals surface area contributed by atoms with Crippen molar-refractivity contribution in [2.24, 2.45) is 5.41 Å². The van der Waals surface area contributed by atoms with E-state index in [1.165, 1.54) is 51.5 Å². The van der Waals surface area contributed by atoms with Crippen LogP contribution in [0.25, 0.3) is 0 Å². The van der Waals surface area contributed by atoms with Crippen LogP contribution < -0.4 is 5.32 Å². The van der Waals surface area contributed by atoms with Crippen LogP contribution in [0.15, 0.2) is 0 Å². The molecule has 1 heterocycles. The highest BCUT2D eigenvalue weighted by Crippen LogP contribution is 2.40. The Hall–Kier alpha value is -0.0800. The van der Waals surface area contributed by atoms with Gasteiger partial charge >= 0.3 is 0 Å². The quantitative estimate of drug-likeness (QED) is 0.776. The Morgan fingerprint density at radius 3 is 2.56 bits per heavy atom. The minimum absolute atomic E-state index is 0.477. The highest BCUT2D eigenvalue weighted by atomic mass is 16.5. The van der Waals surface area contributed by atoms with Gasteiger partial charge in [-0.2, -0.15) is 0 Å². The van der Waals surface area contributed by atoms with E-state index in [0.717, 1.165) is 6.54 Å². The van der Waals surface area contributed by atoms with Crippen LogP contribution in [0.3, 0.4) is 0 Å². The summed E-state index contributed by atoms with van der Waals surface area (Å²) in [6, 6.07) is 0. The molecule has 1 N–H and O–H groups in total. The Kier molecular flexibility index (Phi) is 4.26. The predicted octanol–water partition coefficient (Wildman–Crippen LogP) is 3.11. The van der Waals surface area contributed by atoms with E-state index in [-0.39, 0.29) is 0 Å². The third-order valence-corrected chi connectivity index (χ3v) is 4.61. The van der Waals surface area contributed by atoms with Gasteiger partial charge in [-0.15, -0.1) is 0 Å². The van der Waals surface area contributed by atoms with Gasteiger partial charge in [0, 0.05) is 13.1 Å². The molecule has 1 saturated heterocycles. The average Bonchev–Trinajstić information content (AvgIpc) is 2.89. The first-order chi connectivity index (χ1) is 7.74. The molecule has 0 amide bonds. The van der Waals surface area contributed by atoms with Crippen LogP contribution in [-0.2, 0) is 4.74 Å². The molecule has 2 unspecified atom stereocenters. The molecule has 2 nitrogen and oxygen atoms in total. The molecule has 1 aliphatic carbocycles. The standard InChI is InChI=1S/C14H27NO/c1-3-14(8-4-5-9-14)11-15-10-13-7-6-12(2)16-13/h12-13,15H,3-11H2,1-2H3. The van der Waals surface area contributed by atoms with E-state index in [2.05, 4.69) is 19.2 Å². The first-order valence-electron chi connectivity index (χ1n) is 7.10. The van der Waals surface area contributed by atoms with Crippen molar-refractivity contribution in [2.75, 3.05) is 13.1 Å². The fourth-order valence-corrected chi connectivity index (χ4v) is 3.31. The second kappa shape index (κ2) is 5.50. The number of nitrogens with one attached hydrogen (secondary N) is 1. The Morgan fingerprint density at radius 1 is 1.25 bits per heavy atom. The van der Waals surface area contributed by atoms with Crippen molar-refractivity contribution < 1.29 is 4.74 Å². The summed E-state index contributed by atoms with van der Waals surface area (Å²) >= 11 is 0. The minimum atomic E-state index is 0.477. The lowest BCUT2D eigenvalue weighted by Crippen LogP contribution is -2.36. The van der Waals surface area contributed by atoms with E-state index in [1.54, 1.807) is 0 Å². The van der Waals surface area contributed by atoms with E-state index >= 15 is 0 Å². The van der Waals surface area contributed by atoms with Crippen LogP contribution >= 0.6 is 0 Å². The maximum Gasteiger partial charge on any atom is 0.0704 e. The van der Waals surface area contributed by atoms with Gasteiger partial charge in [-0.05, 0) is 44.4 Å². The molecule has 16 heavy (non-hydrogen) atoms. The van der Waals surface area contributed by atoms with E-state index < -0.39 is 0 Å². The molecule has 0 bridgehead atoms. The van der Waals surface area contributed by atoms with Gasteiger partial charge in [0.05, 0.1) is 12.2 Å². The van der Waals surface area contributed by atoms with Crippen molar-refractivity contribution in [3.05, 3.63) is 0 Å². The fourth-order valence-electron chi connectivity index (χ4n) is 3.31. The minimum Gasteiger partial charge on any atom is -0.374 e. The molecule has 1 aliphatic heterocycles. The van der Waals surface area contributed by atoms with Crippen molar-refractivity contribution in [2.45, 2.75) is 71.0 Å². The topological polar surface area (TPSA) is 21.3 Å². The first kappa shape index (κ1) is 12.4. The first-order valence-corrected chi connectivity index (χ1v) is 7.10. The van der Waals surface area contributed by atoms with Gasteiger partial charge in [-0.1, -0.05) is 19.8 Å². The zero-order chi connectivity index (χ0) is 11.4. The SMILES string of the molecule is CCC1(CNCC2CCC(C)O2)CCCC1. The molecule has 0 aromatic carbocycles. The lowest BCUT2D eigenvalue weighted by molar-refractivity contribution is 0.0540. The monoisotopic (exact) mass is 225 g/mol. The number of ether oxygens (including phenoxy) is 1. The van der Waals surface area contributed by atoms with Crippen LogP contribution in [0.5, 0.6) is 0 Å². The lowest BCUT2D eigenvalue weighted by Gasteiger charge is -2.28. The molecule has 0 radical (unpaired) electrons. The molecule has 2 rings (SSSR count). The van der Waals surface area contributed by atoms with Crippen molar-refractivity contribution in [1.29, 1.82) is 0 Å². The molecule has 0 spiro atoms. The zero-order valence-corrected chi connectivity index (χ0v) is 10.9. The van der Waals surface area contributed by atoms with Crippen LogP contribution in [-0.4, -0.2) is 25.3 Å². The maximum atomic E-state index is 5.83. The molecule has 2 aliphatic rings. The van der Waals surface area contributed by atoms with Crippen molar-refractivity contribution in [3.8, 4) is 0 Å². The van der Waals surface area contributed by atoms with Gasteiger partial charge in [0.25, 0.3) is 0 Å². The van der Waals surface area contributed by atoms with Gasteiger partial charge in [0.1, 0.15) is 0 Å². The molecule has 2 fully saturated rings. The predicted molar refractivity (Wildman–Crippen MR) is 67.6 cm³/mol. The van der Waals surface area contributed by atoms with Crippen LogP contribution in [0, 0.1) is 5.41 Å². The lowest BCUT2D eigenvalue weighted by atomic mass is 9.83. The molecule has 0 aromatic rings. The highest BCUT2D eigenvalue weighted by molar-refractivity contribution is 4.86. The second-order valence-corrected chi connectivity index (χ2v) is 5.84. The summed E-state index contributed by atoms with van der Waals surface area (Å²) in [4.78, 5) is 0. The Bertz CT molecular complexity index is 211. The number of rotatable bonds is 5. The Morgan fingerprint density at radius 2 is 2.00 bits per heavy atom. The van der Waals surface area contributed by atoms with Gasteiger partial charge in [-0.3, -0.25) is 0 Å². The molecule has 2 atom stereocenters. The summed E-state index contributed by atoms with van der Waals surface area (Å²) in [5, 5.41) is 3.66. The molecular weight excluding hydrogens is 198 g/mol. The normalized spacial score (nSPS) is 33.4. The van der Waals surface area contributed by atoms with Crippen LogP contribution in [0.4, 0.5) is 0 Å². The maximum absolute atomic E-state index is 5.83. The van der Waals surface area contributed by atoms with Gasteiger partial charge < -0.3 is 10.1 Å². The molecular formula is C14H27NO. The highest BCUT2D eigenvalue weighted by Gasteiger charge is 2.32. The van der Waals surface area contributed by atoms with Gasteiger partial charge in [0.2, 0.25) is 0 Å². The third-order valence-electron chi connectivity index (χ3n) is 4.61. The van der Waals surface area contributed by atoms with Gasteiger partial charge in [0.15, 0.2) is 0 Å². The summed E-state index contributed by atoms with van der Waals surface area (Å²) in [6.45, 7) is 6.80. The third kappa shape index (κ3) is 2.98. The number of hydrogen-bond acceptors (Lipinski definition) is 2. The van der Waals surface area contributed by atoms with Crippen LogP contribution in [0.1, 0.15) is 58.8 Å². The van der Waals surface area contributed by atoms with E-state index in [4.69, 9.17) is 4.74 Å². The van der Waals surface area contributed by atoms with Crippen molar-refractivity contribution >= 4 is 0 Å². The summed E-state index contributed by atoms with van der Waals surface area (Å²) < 4.78 is 5.83.